The van der Waals surface area contributed by atoms with Gasteiger partial charge in [-0.1, -0.05) is 13.0 Å². The van der Waals surface area contributed by atoms with E-state index in [1.165, 1.54) is 11.3 Å². The lowest BCUT2D eigenvalue weighted by atomic mass is 10.2. The van der Waals surface area contributed by atoms with Gasteiger partial charge in [-0.25, -0.2) is 4.79 Å². The Kier molecular flexibility index (Phi) is 4.45. The standard InChI is InChI=1S/C10H14N2O3S/c1-2-6(11)9(13)12-8(10(14)15)7-4-3-5-16-7/h3-6,8H,2,11H2,1H3,(H,12,13)(H,14,15)/t6-,8?/m1/s1. The largest absolute Gasteiger partial charge is 0.479 e. The first-order chi connectivity index (χ1) is 7.56. The van der Waals surface area contributed by atoms with Crippen molar-refractivity contribution in [3.8, 4) is 0 Å². The van der Waals surface area contributed by atoms with Gasteiger partial charge in [0.15, 0.2) is 6.04 Å². The van der Waals surface area contributed by atoms with Crippen LogP contribution in [0.3, 0.4) is 0 Å². The van der Waals surface area contributed by atoms with Gasteiger partial charge in [-0.2, -0.15) is 0 Å². The molecule has 88 valence electrons. The third-order valence-corrected chi connectivity index (χ3v) is 3.08. The molecular formula is C10H14N2O3S. The van der Waals surface area contributed by atoms with Gasteiger partial charge in [-0.05, 0) is 17.9 Å². The summed E-state index contributed by atoms with van der Waals surface area (Å²) in [6.45, 7) is 1.77. The van der Waals surface area contributed by atoms with E-state index in [-0.39, 0.29) is 0 Å². The van der Waals surface area contributed by atoms with E-state index in [0.29, 0.717) is 11.3 Å². The summed E-state index contributed by atoms with van der Waals surface area (Å²) in [5.74, 6) is -1.53. The smallest absolute Gasteiger partial charge is 0.331 e. The molecule has 4 N–H and O–H groups in total. The summed E-state index contributed by atoms with van der Waals surface area (Å²) in [6.07, 6.45) is 0.475. The lowest BCUT2D eigenvalue weighted by Gasteiger charge is -2.15. The number of aliphatic carboxylic acids is 1. The van der Waals surface area contributed by atoms with Crippen molar-refractivity contribution in [1.29, 1.82) is 0 Å². The van der Waals surface area contributed by atoms with Crippen molar-refractivity contribution in [1.82, 2.24) is 5.32 Å². The van der Waals surface area contributed by atoms with E-state index in [1.807, 2.05) is 0 Å². The van der Waals surface area contributed by atoms with Crippen molar-refractivity contribution in [2.24, 2.45) is 5.73 Å². The van der Waals surface area contributed by atoms with Gasteiger partial charge in [0.2, 0.25) is 5.91 Å². The number of rotatable bonds is 5. The quantitative estimate of drug-likeness (QED) is 0.709. The SMILES string of the molecule is CC[C@@H](N)C(=O)NC(C(=O)O)c1cccs1. The summed E-state index contributed by atoms with van der Waals surface area (Å²) in [5, 5.41) is 13.2. The molecule has 1 aromatic rings. The second kappa shape index (κ2) is 5.62. The van der Waals surface area contributed by atoms with Crippen LogP contribution in [-0.4, -0.2) is 23.0 Å². The van der Waals surface area contributed by atoms with Gasteiger partial charge in [0.25, 0.3) is 0 Å². The fourth-order valence-corrected chi connectivity index (χ4v) is 1.91. The first-order valence-electron chi connectivity index (χ1n) is 4.88. The van der Waals surface area contributed by atoms with Crippen molar-refractivity contribution in [2.75, 3.05) is 0 Å². The van der Waals surface area contributed by atoms with Crippen LogP contribution in [0.5, 0.6) is 0 Å². The summed E-state index contributed by atoms with van der Waals surface area (Å²) < 4.78 is 0. The van der Waals surface area contributed by atoms with Crippen molar-refractivity contribution >= 4 is 23.2 Å². The van der Waals surface area contributed by atoms with Gasteiger partial charge in [0, 0.05) is 4.88 Å². The Morgan fingerprint density at radius 3 is 2.75 bits per heavy atom. The molecule has 0 aliphatic rings. The molecule has 1 aromatic heterocycles. The number of carbonyl (C=O) groups is 2. The Bertz CT molecular complexity index is 364. The molecule has 1 unspecified atom stereocenters. The monoisotopic (exact) mass is 242 g/mol. The molecular weight excluding hydrogens is 228 g/mol. The number of nitrogens with two attached hydrogens (primary N) is 1. The molecule has 0 radical (unpaired) electrons. The number of hydrogen-bond donors (Lipinski definition) is 3. The van der Waals surface area contributed by atoms with E-state index in [9.17, 15) is 9.59 Å². The second-order valence-corrected chi connectivity index (χ2v) is 4.29. The molecule has 0 fully saturated rings. The van der Waals surface area contributed by atoms with Crippen molar-refractivity contribution in [3.63, 3.8) is 0 Å². The topological polar surface area (TPSA) is 92.4 Å². The van der Waals surface area contributed by atoms with E-state index < -0.39 is 24.0 Å². The maximum Gasteiger partial charge on any atom is 0.331 e. The fraction of sp³-hybridized carbons (Fsp3) is 0.400. The predicted molar refractivity (Wildman–Crippen MR) is 61.1 cm³/mol. The average Bonchev–Trinajstić information content (AvgIpc) is 2.76. The molecule has 0 aliphatic carbocycles. The van der Waals surface area contributed by atoms with Gasteiger partial charge in [0.05, 0.1) is 6.04 Å². The zero-order valence-electron chi connectivity index (χ0n) is 8.84. The number of carboxylic acid groups (broad SMARTS) is 1. The van der Waals surface area contributed by atoms with E-state index in [1.54, 1.807) is 24.4 Å². The minimum Gasteiger partial charge on any atom is -0.479 e. The summed E-state index contributed by atoms with van der Waals surface area (Å²) in [6, 6.07) is 1.73. The number of nitrogens with one attached hydrogen (secondary N) is 1. The van der Waals surface area contributed by atoms with E-state index in [2.05, 4.69) is 5.32 Å². The molecule has 1 rings (SSSR count). The van der Waals surface area contributed by atoms with Crippen LogP contribution in [0, 0.1) is 0 Å². The van der Waals surface area contributed by atoms with Crippen LogP contribution in [0.2, 0.25) is 0 Å². The molecule has 0 spiro atoms. The lowest BCUT2D eigenvalue weighted by molar-refractivity contribution is -0.142. The van der Waals surface area contributed by atoms with Gasteiger partial charge >= 0.3 is 5.97 Å². The highest BCUT2D eigenvalue weighted by atomic mass is 32.1. The molecule has 1 heterocycles. The van der Waals surface area contributed by atoms with Crippen LogP contribution in [0.1, 0.15) is 24.3 Å². The maximum absolute atomic E-state index is 11.5. The van der Waals surface area contributed by atoms with Crippen molar-refractivity contribution < 1.29 is 14.7 Å². The molecule has 1 amide bonds. The Hall–Kier alpha value is -1.40. The minimum absolute atomic E-state index is 0.441. The Labute approximate surface area is 97.3 Å². The molecule has 5 nitrogen and oxygen atoms in total. The zero-order valence-corrected chi connectivity index (χ0v) is 9.66. The maximum atomic E-state index is 11.5. The molecule has 0 saturated heterocycles. The van der Waals surface area contributed by atoms with Crippen LogP contribution in [0.15, 0.2) is 17.5 Å². The van der Waals surface area contributed by atoms with E-state index >= 15 is 0 Å². The zero-order chi connectivity index (χ0) is 12.1. The van der Waals surface area contributed by atoms with Gasteiger partial charge in [0.1, 0.15) is 0 Å². The summed E-state index contributed by atoms with van der Waals surface area (Å²) in [4.78, 5) is 23.1. The van der Waals surface area contributed by atoms with Crippen LogP contribution < -0.4 is 11.1 Å². The fourth-order valence-electron chi connectivity index (χ4n) is 1.14. The molecule has 2 atom stereocenters. The summed E-state index contributed by atoms with van der Waals surface area (Å²) in [5.41, 5.74) is 5.52. The number of carboxylic acids is 1. The van der Waals surface area contributed by atoms with Gasteiger partial charge in [-0.3, -0.25) is 4.79 Å². The number of amides is 1. The van der Waals surface area contributed by atoms with Crippen LogP contribution >= 0.6 is 11.3 Å². The summed E-state index contributed by atoms with van der Waals surface area (Å²) in [7, 11) is 0. The summed E-state index contributed by atoms with van der Waals surface area (Å²) >= 11 is 1.28. The first-order valence-corrected chi connectivity index (χ1v) is 5.76. The van der Waals surface area contributed by atoms with Crippen LogP contribution in [0.4, 0.5) is 0 Å². The normalized spacial score (nSPS) is 14.1. The average molecular weight is 242 g/mol. The highest BCUT2D eigenvalue weighted by molar-refractivity contribution is 7.10. The Morgan fingerprint density at radius 2 is 2.31 bits per heavy atom. The van der Waals surface area contributed by atoms with Crippen molar-refractivity contribution in [3.05, 3.63) is 22.4 Å². The van der Waals surface area contributed by atoms with Crippen LogP contribution in [0.25, 0.3) is 0 Å². The highest BCUT2D eigenvalue weighted by Gasteiger charge is 2.24. The second-order valence-electron chi connectivity index (χ2n) is 3.31. The Balaban J connectivity index is 2.74. The van der Waals surface area contributed by atoms with Crippen LogP contribution in [-0.2, 0) is 9.59 Å². The molecule has 0 saturated carbocycles. The first kappa shape index (κ1) is 12.7. The third kappa shape index (κ3) is 3.04. The minimum atomic E-state index is -1.08. The van der Waals surface area contributed by atoms with Gasteiger partial charge < -0.3 is 16.2 Å². The number of hydrogen-bond acceptors (Lipinski definition) is 4. The number of carbonyl (C=O) groups excluding carboxylic acids is 1. The molecule has 0 aromatic carbocycles. The predicted octanol–water partition coefficient (Wildman–Crippen LogP) is 0.727. The third-order valence-electron chi connectivity index (χ3n) is 2.14. The van der Waals surface area contributed by atoms with Crippen molar-refractivity contribution in [2.45, 2.75) is 25.4 Å². The Morgan fingerprint density at radius 1 is 1.62 bits per heavy atom. The number of thiophene rings is 1. The molecule has 0 bridgehead atoms. The van der Waals surface area contributed by atoms with E-state index in [0.717, 1.165) is 0 Å². The highest BCUT2D eigenvalue weighted by Crippen LogP contribution is 2.19. The lowest BCUT2D eigenvalue weighted by Crippen LogP contribution is -2.43. The van der Waals surface area contributed by atoms with E-state index in [4.69, 9.17) is 10.8 Å². The van der Waals surface area contributed by atoms with Gasteiger partial charge in [-0.15, -0.1) is 11.3 Å². The molecule has 16 heavy (non-hydrogen) atoms. The molecule has 6 heteroatoms. The molecule has 0 aliphatic heterocycles.